The fourth-order valence-electron chi connectivity index (χ4n) is 5.33. The van der Waals surface area contributed by atoms with Crippen LogP contribution < -0.4 is 0 Å². The van der Waals surface area contributed by atoms with Gasteiger partial charge in [0.25, 0.3) is 0 Å². The molecule has 0 spiro atoms. The van der Waals surface area contributed by atoms with E-state index in [1.54, 1.807) is 42.5 Å². The standard InChI is InChI=1S/C34H41F3O2/c1-3-5-7-8-9-10-11-26-17-20-30(34(37)33(26)36)25-15-13-24(14-16-25)29-19-18-27(21-31(29)35)28-22-38-32(39-23-28)12-6-4-2/h4,13-21,28,32-34H,2-3,5-12,22-23H2,1H3. The summed E-state index contributed by atoms with van der Waals surface area (Å²) in [5, 5.41) is 0. The number of alkyl halides is 2. The number of halogens is 3. The molecule has 2 unspecified atom stereocenters. The van der Waals surface area contributed by atoms with Gasteiger partial charge in [0.1, 0.15) is 5.82 Å². The van der Waals surface area contributed by atoms with Crippen molar-refractivity contribution in [2.75, 3.05) is 13.2 Å². The third-order valence-corrected chi connectivity index (χ3v) is 7.77. The van der Waals surface area contributed by atoms with Crippen molar-refractivity contribution < 1.29 is 22.6 Å². The molecule has 2 nitrogen and oxygen atoms in total. The molecule has 1 fully saturated rings. The lowest BCUT2D eigenvalue weighted by Crippen LogP contribution is -2.30. The lowest BCUT2D eigenvalue weighted by atomic mass is 9.87. The quantitative estimate of drug-likeness (QED) is 0.187. The second-order valence-corrected chi connectivity index (χ2v) is 10.7. The summed E-state index contributed by atoms with van der Waals surface area (Å²) >= 11 is 0. The largest absolute Gasteiger partial charge is 0.352 e. The van der Waals surface area contributed by atoms with E-state index in [1.165, 1.54) is 25.3 Å². The zero-order chi connectivity index (χ0) is 27.6. The molecule has 210 valence electrons. The van der Waals surface area contributed by atoms with Crippen molar-refractivity contribution in [3.05, 3.63) is 89.8 Å². The van der Waals surface area contributed by atoms with Gasteiger partial charge in [-0.05, 0) is 53.2 Å². The van der Waals surface area contributed by atoms with Gasteiger partial charge < -0.3 is 9.47 Å². The second kappa shape index (κ2) is 14.7. The first kappa shape index (κ1) is 29.4. The molecule has 1 aliphatic heterocycles. The summed E-state index contributed by atoms with van der Waals surface area (Å²) in [5.74, 6) is -0.358. The first-order valence-electron chi connectivity index (χ1n) is 14.4. The molecule has 0 N–H and O–H groups in total. The van der Waals surface area contributed by atoms with E-state index in [1.807, 2.05) is 12.1 Å². The van der Waals surface area contributed by atoms with E-state index in [9.17, 15) is 4.39 Å². The molecule has 0 aromatic heterocycles. The number of benzene rings is 2. The third kappa shape index (κ3) is 7.73. The molecule has 0 amide bonds. The normalized spacial score (nSPS) is 23.3. The summed E-state index contributed by atoms with van der Waals surface area (Å²) in [6.45, 7) is 6.87. The van der Waals surface area contributed by atoms with Gasteiger partial charge in [0.15, 0.2) is 18.6 Å². The van der Waals surface area contributed by atoms with Gasteiger partial charge in [0.2, 0.25) is 0 Å². The summed E-state index contributed by atoms with van der Waals surface area (Å²) < 4.78 is 56.7. The van der Waals surface area contributed by atoms with Crippen molar-refractivity contribution in [2.24, 2.45) is 0 Å². The van der Waals surface area contributed by atoms with Crippen LogP contribution >= 0.6 is 0 Å². The molecule has 0 bridgehead atoms. The predicted octanol–water partition coefficient (Wildman–Crippen LogP) is 9.67. The SMILES string of the molecule is C=CCCC1OCC(c2ccc(-c3ccc(C4=CC=C(CCCCCCCC)C(F)C4F)cc3)c(F)c2)CO1. The van der Waals surface area contributed by atoms with Crippen LogP contribution in [0.4, 0.5) is 13.2 Å². The number of allylic oxidation sites excluding steroid dienone is 5. The maximum absolute atomic E-state index is 15.1. The maximum Gasteiger partial charge on any atom is 0.161 e. The van der Waals surface area contributed by atoms with Gasteiger partial charge in [-0.25, -0.2) is 13.2 Å². The summed E-state index contributed by atoms with van der Waals surface area (Å²) in [4.78, 5) is 0. The van der Waals surface area contributed by atoms with Gasteiger partial charge in [-0.1, -0.05) is 93.7 Å². The topological polar surface area (TPSA) is 18.5 Å². The van der Waals surface area contributed by atoms with Crippen LogP contribution in [-0.4, -0.2) is 31.8 Å². The van der Waals surface area contributed by atoms with Crippen LogP contribution in [-0.2, 0) is 9.47 Å². The van der Waals surface area contributed by atoms with Gasteiger partial charge in [-0.15, -0.1) is 6.58 Å². The monoisotopic (exact) mass is 538 g/mol. The second-order valence-electron chi connectivity index (χ2n) is 10.7. The van der Waals surface area contributed by atoms with Crippen molar-refractivity contribution in [3.8, 4) is 11.1 Å². The van der Waals surface area contributed by atoms with E-state index >= 15 is 8.78 Å². The highest BCUT2D eigenvalue weighted by Crippen LogP contribution is 2.35. The summed E-state index contributed by atoms with van der Waals surface area (Å²) in [6, 6.07) is 12.2. The van der Waals surface area contributed by atoms with Crippen molar-refractivity contribution in [1.29, 1.82) is 0 Å². The lowest BCUT2D eigenvalue weighted by molar-refractivity contribution is -0.189. The molecular formula is C34H41F3O2. The third-order valence-electron chi connectivity index (χ3n) is 7.77. The van der Waals surface area contributed by atoms with Crippen LogP contribution in [0, 0.1) is 5.82 Å². The number of unbranched alkanes of at least 4 members (excludes halogenated alkanes) is 5. The zero-order valence-electron chi connectivity index (χ0n) is 23.0. The molecule has 0 radical (unpaired) electrons. The minimum atomic E-state index is -1.69. The molecular weight excluding hydrogens is 497 g/mol. The van der Waals surface area contributed by atoms with Gasteiger partial charge in [-0.3, -0.25) is 0 Å². The Bertz CT molecular complexity index is 1130. The van der Waals surface area contributed by atoms with Crippen molar-refractivity contribution in [1.82, 2.24) is 0 Å². The van der Waals surface area contributed by atoms with Gasteiger partial charge in [0.05, 0.1) is 13.2 Å². The highest BCUT2D eigenvalue weighted by atomic mass is 19.2. The molecule has 2 aliphatic rings. The minimum Gasteiger partial charge on any atom is -0.352 e. The van der Waals surface area contributed by atoms with E-state index in [4.69, 9.17) is 9.47 Å². The average molecular weight is 539 g/mol. The molecule has 1 aliphatic carbocycles. The van der Waals surface area contributed by atoms with Gasteiger partial charge >= 0.3 is 0 Å². The van der Waals surface area contributed by atoms with E-state index in [0.717, 1.165) is 37.7 Å². The zero-order valence-corrected chi connectivity index (χ0v) is 23.0. The molecule has 2 aromatic rings. The highest BCUT2D eigenvalue weighted by Gasteiger charge is 2.31. The Hall–Kier alpha value is -2.63. The number of rotatable bonds is 13. The molecule has 4 rings (SSSR count). The Balaban J connectivity index is 1.37. The fraction of sp³-hybridized carbons (Fsp3) is 0.471. The van der Waals surface area contributed by atoms with Crippen molar-refractivity contribution in [2.45, 2.75) is 89.3 Å². The van der Waals surface area contributed by atoms with Gasteiger partial charge in [0, 0.05) is 17.9 Å². The molecule has 1 heterocycles. The first-order valence-corrected chi connectivity index (χ1v) is 14.4. The maximum atomic E-state index is 15.1. The Morgan fingerprint density at radius 3 is 2.26 bits per heavy atom. The number of hydrogen-bond acceptors (Lipinski definition) is 2. The van der Waals surface area contributed by atoms with Crippen LogP contribution in [0.25, 0.3) is 16.7 Å². The Kier molecular flexibility index (Phi) is 11.0. The smallest absolute Gasteiger partial charge is 0.161 e. The van der Waals surface area contributed by atoms with Gasteiger partial charge in [-0.2, -0.15) is 0 Å². The van der Waals surface area contributed by atoms with E-state index in [2.05, 4.69) is 13.5 Å². The average Bonchev–Trinajstić information content (AvgIpc) is 2.96. The summed E-state index contributed by atoms with van der Waals surface area (Å²) in [5.41, 5.74) is 3.47. The summed E-state index contributed by atoms with van der Waals surface area (Å²) in [6.07, 6.45) is 10.6. The Morgan fingerprint density at radius 1 is 0.872 bits per heavy atom. The molecule has 2 aromatic carbocycles. The number of hydrogen-bond donors (Lipinski definition) is 0. The molecule has 39 heavy (non-hydrogen) atoms. The van der Waals surface area contributed by atoms with Crippen LogP contribution in [0.5, 0.6) is 0 Å². The first-order chi connectivity index (χ1) is 19.0. The number of ether oxygens (including phenoxy) is 2. The highest BCUT2D eigenvalue weighted by molar-refractivity contribution is 5.75. The molecule has 5 heteroatoms. The minimum absolute atomic E-state index is 0.0247. The van der Waals surface area contributed by atoms with Crippen LogP contribution in [0.2, 0.25) is 0 Å². The summed E-state index contributed by atoms with van der Waals surface area (Å²) in [7, 11) is 0. The van der Waals surface area contributed by atoms with Crippen molar-refractivity contribution in [3.63, 3.8) is 0 Å². The van der Waals surface area contributed by atoms with Crippen LogP contribution in [0.3, 0.4) is 0 Å². The Labute approximate surface area is 231 Å². The Morgan fingerprint density at radius 2 is 1.56 bits per heavy atom. The predicted molar refractivity (Wildman–Crippen MR) is 154 cm³/mol. The van der Waals surface area contributed by atoms with E-state index in [-0.39, 0.29) is 18.0 Å². The van der Waals surface area contributed by atoms with Crippen LogP contribution in [0.1, 0.15) is 81.8 Å². The molecule has 0 saturated carbocycles. The van der Waals surface area contributed by atoms with Crippen LogP contribution in [0.15, 0.2) is 72.8 Å². The lowest BCUT2D eigenvalue weighted by Gasteiger charge is -2.29. The van der Waals surface area contributed by atoms with E-state index in [0.29, 0.717) is 47.5 Å². The fourth-order valence-corrected chi connectivity index (χ4v) is 5.33. The van der Waals surface area contributed by atoms with E-state index < -0.39 is 12.3 Å². The molecule has 1 saturated heterocycles. The molecule has 2 atom stereocenters. The van der Waals surface area contributed by atoms with Crippen molar-refractivity contribution >= 4 is 5.57 Å².